The van der Waals surface area contributed by atoms with Crippen molar-refractivity contribution in [2.45, 2.75) is 33.4 Å². The Morgan fingerprint density at radius 1 is 1.50 bits per heavy atom. The molecule has 6 nitrogen and oxygen atoms in total. The lowest BCUT2D eigenvalue weighted by Crippen LogP contribution is -2.24. The highest BCUT2D eigenvalue weighted by Gasteiger charge is 1.99. The highest BCUT2D eigenvalue weighted by atomic mass is 16.1. The second-order valence-electron chi connectivity index (χ2n) is 3.63. The molecule has 1 heterocycles. The number of carbonyl (C=O) groups is 1. The van der Waals surface area contributed by atoms with Gasteiger partial charge in [-0.25, -0.2) is 0 Å². The van der Waals surface area contributed by atoms with E-state index < -0.39 is 0 Å². The molecule has 1 rings (SSSR count). The zero-order valence-electron chi connectivity index (χ0n) is 9.86. The van der Waals surface area contributed by atoms with E-state index in [0.29, 0.717) is 13.1 Å². The van der Waals surface area contributed by atoms with Gasteiger partial charge in [0, 0.05) is 26.2 Å². The molecule has 0 bridgehead atoms. The van der Waals surface area contributed by atoms with Gasteiger partial charge in [-0.3, -0.25) is 9.48 Å². The number of hydrogen-bond donors (Lipinski definition) is 2. The molecule has 0 aliphatic carbocycles. The largest absolute Gasteiger partial charge is 0.354 e. The van der Waals surface area contributed by atoms with E-state index in [1.54, 1.807) is 4.68 Å². The summed E-state index contributed by atoms with van der Waals surface area (Å²) >= 11 is 0. The molecule has 0 aromatic carbocycles. The Morgan fingerprint density at radius 3 is 3.00 bits per heavy atom. The number of nitrogens with one attached hydrogen (secondary N) is 2. The Labute approximate surface area is 95.4 Å². The molecule has 0 atom stereocenters. The van der Waals surface area contributed by atoms with Crippen molar-refractivity contribution in [3.05, 3.63) is 11.9 Å². The normalized spacial score (nSPS) is 10.4. The van der Waals surface area contributed by atoms with Crippen molar-refractivity contribution < 1.29 is 4.79 Å². The molecule has 90 valence electrons. The quantitative estimate of drug-likeness (QED) is 0.636. The van der Waals surface area contributed by atoms with Crippen LogP contribution in [0.5, 0.6) is 0 Å². The number of nitrogens with zero attached hydrogens (tertiary/aromatic N) is 3. The fourth-order valence-corrected chi connectivity index (χ4v) is 1.27. The van der Waals surface area contributed by atoms with Crippen molar-refractivity contribution in [1.82, 2.24) is 25.6 Å². The number of carbonyl (C=O) groups excluding carboxylic acids is 1. The standard InChI is InChI=1S/C10H19N5O/c1-3-4-11-7-10-8-15(14-13-10)6-5-12-9(2)16/h8,11H,3-7H2,1-2H3,(H,12,16). The van der Waals surface area contributed by atoms with Gasteiger partial charge in [0.05, 0.1) is 12.2 Å². The van der Waals surface area contributed by atoms with Crippen LogP contribution in [-0.2, 0) is 17.9 Å². The number of rotatable bonds is 7. The molecule has 0 radical (unpaired) electrons. The lowest BCUT2D eigenvalue weighted by Gasteiger charge is -2.00. The van der Waals surface area contributed by atoms with E-state index >= 15 is 0 Å². The first-order valence-electron chi connectivity index (χ1n) is 5.56. The summed E-state index contributed by atoms with van der Waals surface area (Å²) in [6, 6.07) is 0. The van der Waals surface area contributed by atoms with Crippen LogP contribution in [0.3, 0.4) is 0 Å². The van der Waals surface area contributed by atoms with Gasteiger partial charge < -0.3 is 10.6 Å². The van der Waals surface area contributed by atoms with Crippen molar-refractivity contribution in [1.29, 1.82) is 0 Å². The summed E-state index contributed by atoms with van der Waals surface area (Å²) in [5.74, 6) is -0.0232. The van der Waals surface area contributed by atoms with E-state index in [1.165, 1.54) is 6.92 Å². The Hall–Kier alpha value is -1.43. The van der Waals surface area contributed by atoms with E-state index in [0.717, 1.165) is 25.2 Å². The van der Waals surface area contributed by atoms with Gasteiger partial charge in [-0.2, -0.15) is 0 Å². The molecule has 0 aliphatic rings. The van der Waals surface area contributed by atoms with E-state index in [4.69, 9.17) is 0 Å². The molecule has 0 aliphatic heterocycles. The lowest BCUT2D eigenvalue weighted by molar-refractivity contribution is -0.118. The van der Waals surface area contributed by atoms with Gasteiger partial charge in [0.25, 0.3) is 0 Å². The van der Waals surface area contributed by atoms with Gasteiger partial charge in [0.1, 0.15) is 0 Å². The number of amides is 1. The van der Waals surface area contributed by atoms with Crippen LogP contribution in [-0.4, -0.2) is 34.0 Å². The molecule has 6 heteroatoms. The maximum atomic E-state index is 10.6. The predicted molar refractivity (Wildman–Crippen MR) is 60.7 cm³/mol. The Bertz CT molecular complexity index is 323. The maximum Gasteiger partial charge on any atom is 0.216 e. The Kier molecular flexibility index (Phi) is 5.49. The van der Waals surface area contributed by atoms with Crippen LogP contribution < -0.4 is 10.6 Å². The average Bonchev–Trinajstić information content (AvgIpc) is 2.66. The third-order valence-electron chi connectivity index (χ3n) is 2.03. The lowest BCUT2D eigenvalue weighted by atomic mass is 10.4. The molecular weight excluding hydrogens is 206 g/mol. The molecule has 0 saturated carbocycles. The molecule has 1 aromatic rings. The number of aromatic nitrogens is 3. The van der Waals surface area contributed by atoms with Crippen molar-refractivity contribution in [2.24, 2.45) is 0 Å². The summed E-state index contributed by atoms with van der Waals surface area (Å²) in [4.78, 5) is 10.6. The van der Waals surface area contributed by atoms with Gasteiger partial charge >= 0.3 is 0 Å². The molecular formula is C10H19N5O. The van der Waals surface area contributed by atoms with Crippen LogP contribution in [0.2, 0.25) is 0 Å². The van der Waals surface area contributed by atoms with Crippen LogP contribution >= 0.6 is 0 Å². The van der Waals surface area contributed by atoms with Gasteiger partial charge in [0.2, 0.25) is 5.91 Å². The summed E-state index contributed by atoms with van der Waals surface area (Å²) in [5.41, 5.74) is 0.927. The predicted octanol–water partition coefficient (Wildman–Crippen LogP) is -0.0862. The van der Waals surface area contributed by atoms with E-state index in [9.17, 15) is 4.79 Å². The third kappa shape index (κ3) is 4.88. The SMILES string of the molecule is CCCNCc1cn(CCNC(C)=O)nn1. The smallest absolute Gasteiger partial charge is 0.216 e. The second kappa shape index (κ2) is 6.95. The van der Waals surface area contributed by atoms with Crippen LogP contribution in [0, 0.1) is 0 Å². The summed E-state index contributed by atoms with van der Waals surface area (Å²) in [6.45, 7) is 6.59. The highest BCUT2D eigenvalue weighted by molar-refractivity contribution is 5.72. The second-order valence-corrected chi connectivity index (χ2v) is 3.63. The minimum absolute atomic E-state index is 0.0232. The van der Waals surface area contributed by atoms with E-state index in [1.807, 2.05) is 6.20 Å². The van der Waals surface area contributed by atoms with Gasteiger partial charge in [-0.15, -0.1) is 5.10 Å². The van der Waals surface area contributed by atoms with Gasteiger partial charge in [0.15, 0.2) is 0 Å². The zero-order chi connectivity index (χ0) is 11.8. The molecule has 0 saturated heterocycles. The molecule has 0 unspecified atom stereocenters. The van der Waals surface area contributed by atoms with Crippen LogP contribution in [0.4, 0.5) is 0 Å². The van der Waals surface area contributed by atoms with E-state index in [2.05, 4.69) is 27.9 Å². The first-order chi connectivity index (χ1) is 7.72. The fourth-order valence-electron chi connectivity index (χ4n) is 1.27. The molecule has 2 N–H and O–H groups in total. The van der Waals surface area contributed by atoms with Crippen LogP contribution in [0.1, 0.15) is 26.0 Å². The molecule has 0 fully saturated rings. The minimum Gasteiger partial charge on any atom is -0.354 e. The van der Waals surface area contributed by atoms with Crippen LogP contribution in [0.15, 0.2) is 6.20 Å². The van der Waals surface area contributed by atoms with E-state index in [-0.39, 0.29) is 5.91 Å². The summed E-state index contributed by atoms with van der Waals surface area (Å²) in [6.07, 6.45) is 3.00. The fraction of sp³-hybridized carbons (Fsp3) is 0.700. The van der Waals surface area contributed by atoms with Crippen molar-refractivity contribution in [3.8, 4) is 0 Å². The zero-order valence-corrected chi connectivity index (χ0v) is 9.86. The average molecular weight is 225 g/mol. The van der Waals surface area contributed by atoms with Crippen molar-refractivity contribution in [3.63, 3.8) is 0 Å². The third-order valence-corrected chi connectivity index (χ3v) is 2.03. The summed E-state index contributed by atoms with van der Waals surface area (Å²) in [5, 5.41) is 14.0. The Balaban J connectivity index is 2.25. The van der Waals surface area contributed by atoms with Crippen molar-refractivity contribution >= 4 is 5.91 Å². The topological polar surface area (TPSA) is 71.8 Å². The molecule has 1 amide bonds. The Morgan fingerprint density at radius 2 is 2.31 bits per heavy atom. The summed E-state index contributed by atoms with van der Waals surface area (Å²) in [7, 11) is 0. The number of hydrogen-bond acceptors (Lipinski definition) is 4. The molecule has 0 spiro atoms. The molecule has 16 heavy (non-hydrogen) atoms. The maximum absolute atomic E-state index is 10.6. The van der Waals surface area contributed by atoms with Crippen molar-refractivity contribution in [2.75, 3.05) is 13.1 Å². The monoisotopic (exact) mass is 225 g/mol. The van der Waals surface area contributed by atoms with Gasteiger partial charge in [-0.05, 0) is 13.0 Å². The first kappa shape index (κ1) is 12.6. The van der Waals surface area contributed by atoms with Crippen LogP contribution in [0.25, 0.3) is 0 Å². The highest BCUT2D eigenvalue weighted by Crippen LogP contribution is 1.92. The summed E-state index contributed by atoms with van der Waals surface area (Å²) < 4.78 is 1.74. The minimum atomic E-state index is -0.0232. The first-order valence-corrected chi connectivity index (χ1v) is 5.56. The van der Waals surface area contributed by atoms with Gasteiger partial charge in [-0.1, -0.05) is 12.1 Å². The molecule has 1 aromatic heterocycles.